The molecular weight excluding hydrogens is 1030 g/mol. The highest BCUT2D eigenvalue weighted by molar-refractivity contribution is 7.92. The summed E-state index contributed by atoms with van der Waals surface area (Å²) in [6.07, 6.45) is 4.97. The van der Waals surface area contributed by atoms with Gasteiger partial charge in [-0.15, -0.1) is 0 Å². The summed E-state index contributed by atoms with van der Waals surface area (Å²) >= 11 is 0. The number of carbonyl (C=O) groups excluding carboxylic acids is 2. The first-order valence-electron chi connectivity index (χ1n) is 25.0. The van der Waals surface area contributed by atoms with Crippen LogP contribution in [0.25, 0.3) is 11.3 Å². The number of benzene rings is 3. The molecule has 4 atom stereocenters. The van der Waals surface area contributed by atoms with Gasteiger partial charge in [0, 0.05) is 47.7 Å². The summed E-state index contributed by atoms with van der Waals surface area (Å²) in [6.45, 7) is 16.4. The zero-order chi connectivity index (χ0) is 56.3. The highest BCUT2D eigenvalue weighted by Gasteiger charge is 2.36. The first kappa shape index (κ1) is 56.9. The van der Waals surface area contributed by atoms with Crippen LogP contribution in [-0.4, -0.2) is 105 Å². The predicted octanol–water partition coefficient (Wildman–Crippen LogP) is 7.75. The number of anilines is 2. The molecule has 23 heteroatoms. The van der Waals surface area contributed by atoms with E-state index in [9.17, 15) is 40.8 Å². The van der Waals surface area contributed by atoms with Crippen LogP contribution in [0, 0.1) is 53.4 Å². The van der Waals surface area contributed by atoms with E-state index in [1.807, 2.05) is 56.3 Å². The molecule has 2 aliphatic rings. The number of carbonyl (C=O) groups is 3. The number of hydrogen-bond donors (Lipinski definition) is 5. The molecule has 7 aromatic rings. The summed E-state index contributed by atoms with van der Waals surface area (Å²) in [5.74, 6) is -0.569. The number of sulfonamides is 2. The van der Waals surface area contributed by atoms with Gasteiger partial charge in [0.1, 0.15) is 6.61 Å². The van der Waals surface area contributed by atoms with Gasteiger partial charge in [-0.1, -0.05) is 67.4 Å². The number of carboxylic acids is 1. The molecular formula is C54H66N10O11S2. The van der Waals surface area contributed by atoms with Crippen molar-refractivity contribution < 1.29 is 41.1 Å². The Morgan fingerprint density at radius 1 is 0.649 bits per heavy atom. The monoisotopic (exact) mass is 1090 g/mol. The van der Waals surface area contributed by atoms with E-state index in [1.165, 1.54) is 21.2 Å². The Morgan fingerprint density at radius 3 is 1.56 bits per heavy atom. The number of aryl methyl sites for hydroxylation is 4. The summed E-state index contributed by atoms with van der Waals surface area (Å²) < 4.78 is 58.7. The number of aromatic carboxylic acids is 1. The van der Waals surface area contributed by atoms with E-state index < -0.39 is 26.0 Å². The number of ether oxygens (including phenoxy) is 1. The largest absolute Gasteiger partial charge is 0.478 e. The van der Waals surface area contributed by atoms with Gasteiger partial charge in [0.2, 0.25) is 20.0 Å². The van der Waals surface area contributed by atoms with Gasteiger partial charge in [0.25, 0.3) is 17.0 Å². The molecule has 3 aromatic carbocycles. The van der Waals surface area contributed by atoms with Crippen LogP contribution >= 0.6 is 0 Å². The summed E-state index contributed by atoms with van der Waals surface area (Å²) in [6, 6.07) is 22.4. The molecule has 2 aliphatic heterocycles. The number of likely N-dealkylation sites (tertiary alicyclic amines) is 2. The average Bonchev–Trinajstić information content (AvgIpc) is 4.01. The number of carboxylic acid groups (broad SMARTS) is 1. The van der Waals surface area contributed by atoms with E-state index in [2.05, 4.69) is 43.5 Å². The minimum Gasteiger partial charge on any atom is -0.478 e. The smallest absolute Gasteiger partial charge is 0.410 e. The van der Waals surface area contributed by atoms with Crippen LogP contribution in [0.4, 0.5) is 16.2 Å². The van der Waals surface area contributed by atoms with Crippen molar-refractivity contribution in [2.24, 2.45) is 11.8 Å². The summed E-state index contributed by atoms with van der Waals surface area (Å²) in [7, 11) is -7.01. The van der Waals surface area contributed by atoms with Gasteiger partial charge >= 0.3 is 12.1 Å². The Hall–Kier alpha value is -7.79. The molecule has 4 unspecified atom stereocenters. The molecule has 6 heterocycles. The zero-order valence-electron chi connectivity index (χ0n) is 44.8. The molecule has 0 aliphatic carbocycles. The van der Waals surface area contributed by atoms with Gasteiger partial charge in [-0.2, -0.15) is 0 Å². The van der Waals surface area contributed by atoms with E-state index in [1.54, 1.807) is 61.8 Å². The SMILES string of the molecule is Cc1ccc(NS(C)(=O)=O)c(C(=O)N2CCC(C)CC2c2cc3nc(C)c(C)c(=O)n3[nH]2)c1.Cc1ccc(NS(C)(=O)=O)c(C(=O)O)c1.Cc1nc2cc(C3CC(C)CCN3C(=O)OCc3ccccc3)[nH]n2c(=O)c1C. The third-order valence-electron chi connectivity index (χ3n) is 13.8. The second kappa shape index (κ2) is 23.2. The molecule has 0 radical (unpaired) electrons. The Morgan fingerprint density at radius 2 is 1.09 bits per heavy atom. The van der Waals surface area contributed by atoms with Crippen LogP contribution in [-0.2, 0) is 31.4 Å². The lowest BCUT2D eigenvalue weighted by Crippen LogP contribution is -2.41. The molecule has 0 saturated carbocycles. The van der Waals surface area contributed by atoms with Gasteiger partial charge in [-0.25, -0.2) is 45.4 Å². The Bertz CT molecular complexity index is 3720. The normalized spacial score (nSPS) is 17.7. The lowest BCUT2D eigenvalue weighted by molar-refractivity contribution is 0.0550. The molecule has 2 amide bonds. The molecule has 2 fully saturated rings. The van der Waals surface area contributed by atoms with Gasteiger partial charge in [0.05, 0.1) is 58.5 Å². The minimum absolute atomic E-state index is 0.0552. The Labute approximate surface area is 446 Å². The van der Waals surface area contributed by atoms with Crippen LogP contribution < -0.4 is 20.6 Å². The maximum absolute atomic E-state index is 13.7. The van der Waals surface area contributed by atoms with Crippen LogP contribution in [0.15, 0.2) is 88.5 Å². The van der Waals surface area contributed by atoms with Crippen LogP contribution in [0.3, 0.4) is 0 Å². The molecule has 5 N–H and O–H groups in total. The number of piperidine rings is 2. The maximum Gasteiger partial charge on any atom is 0.410 e. The van der Waals surface area contributed by atoms with Gasteiger partial charge in [-0.05, 0) is 109 Å². The number of fused-ring (bicyclic) bond motifs is 2. The summed E-state index contributed by atoms with van der Waals surface area (Å²) in [5, 5.41) is 15.2. The second-order valence-electron chi connectivity index (χ2n) is 20.2. The zero-order valence-corrected chi connectivity index (χ0v) is 46.4. The second-order valence-corrected chi connectivity index (χ2v) is 23.7. The van der Waals surface area contributed by atoms with E-state index in [0.717, 1.165) is 65.5 Å². The van der Waals surface area contributed by atoms with E-state index in [0.29, 0.717) is 65.0 Å². The fourth-order valence-electron chi connectivity index (χ4n) is 9.36. The number of hydrogen-bond acceptors (Lipinski definition) is 12. The highest BCUT2D eigenvalue weighted by Crippen LogP contribution is 2.37. The van der Waals surface area contributed by atoms with Crippen molar-refractivity contribution in [3.05, 3.63) is 161 Å². The average molecular weight is 1100 g/mol. The molecule has 2 saturated heterocycles. The van der Waals surface area contributed by atoms with Crippen molar-refractivity contribution in [1.82, 2.24) is 39.0 Å². The molecule has 0 bridgehead atoms. The number of nitrogens with zero attached hydrogens (tertiary/aromatic N) is 6. The van der Waals surface area contributed by atoms with Gasteiger partial charge in [-0.3, -0.25) is 38.9 Å². The lowest BCUT2D eigenvalue weighted by atomic mass is 9.90. The van der Waals surface area contributed by atoms with Crippen molar-refractivity contribution in [1.29, 1.82) is 0 Å². The van der Waals surface area contributed by atoms with Crippen LogP contribution in [0.1, 0.15) is 123 Å². The maximum atomic E-state index is 13.7. The number of rotatable bonds is 10. The molecule has 410 valence electrons. The molecule has 77 heavy (non-hydrogen) atoms. The first-order chi connectivity index (χ1) is 36.2. The van der Waals surface area contributed by atoms with E-state index in [-0.39, 0.29) is 58.7 Å². The molecule has 0 spiro atoms. The number of aromatic amines is 2. The standard InChI is InChI=1S/C23H29N5O4S.C22H26N4O3.C9H11NO4S/c1-13-6-7-18(26-33(5,31)32)17(10-13)23(30)27-9-8-14(2)11-20(27)19-12-21-24-16(4)15(3)22(29)28(21)25-19;1-14-9-10-25(22(28)29-13-17-7-5-4-6-8-17)19(11-14)18-12-20-23-16(3)15(2)21(27)26(20)24-18;1-6-3-4-8(10-15(2,13)14)7(5-6)9(11)12/h6-7,10,12,14,20,25-26H,8-9,11H2,1-5H3;4-8,12,14,19,24H,9-11,13H2,1-3H3;3-5,10H,1-2H3,(H,11,12). The number of nitrogens with one attached hydrogen (secondary N) is 4. The van der Waals surface area contributed by atoms with Gasteiger partial charge < -0.3 is 14.7 Å². The summed E-state index contributed by atoms with van der Waals surface area (Å²) in [5.41, 5.74) is 8.08. The predicted molar refractivity (Wildman–Crippen MR) is 293 cm³/mol. The highest BCUT2D eigenvalue weighted by atomic mass is 32.2. The van der Waals surface area contributed by atoms with Crippen molar-refractivity contribution in [2.75, 3.05) is 35.0 Å². The van der Waals surface area contributed by atoms with Gasteiger partial charge in [0.15, 0.2) is 11.3 Å². The quantitative estimate of drug-likeness (QED) is 0.0877. The third kappa shape index (κ3) is 13.8. The fraction of sp³-hybridized carbons (Fsp3) is 0.389. The first-order valence-corrected chi connectivity index (χ1v) is 28.8. The minimum atomic E-state index is -3.55. The number of H-pyrrole nitrogens is 2. The van der Waals surface area contributed by atoms with Crippen molar-refractivity contribution >= 4 is 60.7 Å². The Kier molecular flexibility index (Phi) is 17.2. The Balaban J connectivity index is 0.000000179. The molecule has 21 nitrogen and oxygen atoms in total. The van der Waals surface area contributed by atoms with Crippen molar-refractivity contribution in [2.45, 2.75) is 99.8 Å². The topological polar surface area (TPSA) is 280 Å². The van der Waals surface area contributed by atoms with Crippen LogP contribution in [0.2, 0.25) is 0 Å². The lowest BCUT2D eigenvalue weighted by Gasteiger charge is -2.38. The fourth-order valence-corrected chi connectivity index (χ4v) is 10.5. The third-order valence-corrected chi connectivity index (χ3v) is 14.9. The molecule has 4 aromatic heterocycles. The molecule has 9 rings (SSSR count). The van der Waals surface area contributed by atoms with Crippen molar-refractivity contribution in [3.8, 4) is 0 Å². The number of aromatic nitrogens is 6. The van der Waals surface area contributed by atoms with Crippen LogP contribution in [0.5, 0.6) is 0 Å². The van der Waals surface area contributed by atoms with E-state index in [4.69, 9.17) is 9.84 Å². The number of amides is 2. The van der Waals surface area contributed by atoms with Crippen molar-refractivity contribution in [3.63, 3.8) is 0 Å². The summed E-state index contributed by atoms with van der Waals surface area (Å²) in [4.78, 5) is 75.2. The van der Waals surface area contributed by atoms with E-state index >= 15 is 0 Å².